The van der Waals surface area contributed by atoms with E-state index in [-0.39, 0.29) is 11.8 Å². The number of nitrogens with zero attached hydrogens (tertiary/aromatic N) is 2. The maximum atomic E-state index is 12.9. The van der Waals surface area contributed by atoms with E-state index in [9.17, 15) is 9.59 Å². The van der Waals surface area contributed by atoms with Gasteiger partial charge < -0.3 is 19.3 Å². The average Bonchev–Trinajstić information content (AvgIpc) is 2.83. The standard InChI is InChI=1S/C22H26N2O4/c1-17-15-23(16-25)18-9-3-4-10-19(18)24(22(17)26)13-7-8-14-28-21-12-6-5-11-20(21)27-2/h3-6,9-12,16-17H,7-8,13-15H2,1-2H3. The van der Waals surface area contributed by atoms with Crippen molar-refractivity contribution in [1.82, 2.24) is 0 Å². The maximum absolute atomic E-state index is 12.9. The number of para-hydroxylation sites is 4. The van der Waals surface area contributed by atoms with E-state index >= 15 is 0 Å². The van der Waals surface area contributed by atoms with Crippen LogP contribution in [-0.2, 0) is 9.59 Å². The van der Waals surface area contributed by atoms with Crippen LogP contribution in [0, 0.1) is 5.92 Å². The number of benzene rings is 2. The maximum Gasteiger partial charge on any atom is 0.231 e. The number of fused-ring (bicyclic) bond motifs is 1. The van der Waals surface area contributed by atoms with Gasteiger partial charge in [0.25, 0.3) is 0 Å². The first kappa shape index (κ1) is 19.7. The molecule has 3 rings (SSSR count). The highest BCUT2D eigenvalue weighted by Crippen LogP contribution is 2.33. The van der Waals surface area contributed by atoms with Crippen LogP contribution in [0.3, 0.4) is 0 Å². The second-order valence-electron chi connectivity index (χ2n) is 6.84. The van der Waals surface area contributed by atoms with Crippen molar-refractivity contribution in [3.63, 3.8) is 0 Å². The zero-order valence-electron chi connectivity index (χ0n) is 16.3. The van der Waals surface area contributed by atoms with Gasteiger partial charge in [0, 0.05) is 13.1 Å². The molecule has 2 amide bonds. The molecule has 1 heterocycles. The van der Waals surface area contributed by atoms with Crippen molar-refractivity contribution in [1.29, 1.82) is 0 Å². The van der Waals surface area contributed by atoms with Crippen molar-refractivity contribution in [2.24, 2.45) is 5.92 Å². The summed E-state index contributed by atoms with van der Waals surface area (Å²) < 4.78 is 11.1. The van der Waals surface area contributed by atoms with Gasteiger partial charge in [-0.15, -0.1) is 0 Å². The topological polar surface area (TPSA) is 59.1 Å². The summed E-state index contributed by atoms with van der Waals surface area (Å²) in [6.07, 6.45) is 2.39. The van der Waals surface area contributed by atoms with Crippen molar-refractivity contribution in [2.75, 3.05) is 36.6 Å². The first-order chi connectivity index (χ1) is 13.7. The normalized spacial score (nSPS) is 16.4. The van der Waals surface area contributed by atoms with Crippen LogP contribution in [0.15, 0.2) is 48.5 Å². The van der Waals surface area contributed by atoms with E-state index in [1.54, 1.807) is 16.9 Å². The molecule has 1 unspecified atom stereocenters. The molecule has 0 radical (unpaired) electrons. The molecule has 28 heavy (non-hydrogen) atoms. The van der Waals surface area contributed by atoms with Crippen LogP contribution >= 0.6 is 0 Å². The molecule has 0 aliphatic carbocycles. The highest BCUT2D eigenvalue weighted by Gasteiger charge is 2.30. The molecular formula is C22H26N2O4. The number of anilines is 2. The Balaban J connectivity index is 1.62. The van der Waals surface area contributed by atoms with E-state index in [4.69, 9.17) is 9.47 Å². The molecule has 0 fully saturated rings. The third-order valence-electron chi connectivity index (χ3n) is 4.87. The third kappa shape index (κ3) is 4.27. The van der Waals surface area contributed by atoms with Crippen molar-refractivity contribution in [3.05, 3.63) is 48.5 Å². The Morgan fingerprint density at radius 1 is 1.04 bits per heavy atom. The van der Waals surface area contributed by atoms with Gasteiger partial charge in [0.1, 0.15) is 0 Å². The molecule has 6 nitrogen and oxygen atoms in total. The van der Waals surface area contributed by atoms with Gasteiger partial charge in [-0.1, -0.05) is 31.2 Å². The fraction of sp³-hybridized carbons (Fsp3) is 0.364. The molecule has 0 spiro atoms. The van der Waals surface area contributed by atoms with Gasteiger partial charge in [-0.25, -0.2) is 0 Å². The molecule has 2 aromatic rings. The molecule has 1 atom stereocenters. The quantitative estimate of drug-likeness (QED) is 0.518. The molecule has 0 bridgehead atoms. The van der Waals surface area contributed by atoms with E-state index in [1.165, 1.54) is 0 Å². The Morgan fingerprint density at radius 3 is 2.43 bits per heavy atom. The van der Waals surface area contributed by atoms with Crippen molar-refractivity contribution < 1.29 is 19.1 Å². The van der Waals surface area contributed by atoms with Crippen molar-refractivity contribution in [3.8, 4) is 11.5 Å². The zero-order chi connectivity index (χ0) is 19.9. The van der Waals surface area contributed by atoms with E-state index in [1.807, 2.05) is 55.5 Å². The predicted octanol–water partition coefficient (Wildman–Crippen LogP) is 3.50. The summed E-state index contributed by atoms with van der Waals surface area (Å²) in [6.45, 7) is 3.39. The number of carbonyl (C=O) groups is 2. The van der Waals surface area contributed by atoms with Crippen LogP contribution in [0.4, 0.5) is 11.4 Å². The highest BCUT2D eigenvalue weighted by atomic mass is 16.5. The van der Waals surface area contributed by atoms with Gasteiger partial charge in [-0.3, -0.25) is 9.59 Å². The molecule has 6 heteroatoms. The summed E-state index contributed by atoms with van der Waals surface area (Å²) in [5, 5.41) is 0. The molecule has 0 saturated carbocycles. The van der Waals surface area contributed by atoms with Gasteiger partial charge in [0.05, 0.1) is 31.0 Å². The Labute approximate surface area is 165 Å². The number of unbranched alkanes of at least 4 members (excludes halogenated alkanes) is 1. The lowest BCUT2D eigenvalue weighted by atomic mass is 10.1. The molecule has 1 aliphatic rings. The summed E-state index contributed by atoms with van der Waals surface area (Å²) in [4.78, 5) is 27.8. The Morgan fingerprint density at radius 2 is 1.71 bits per heavy atom. The summed E-state index contributed by atoms with van der Waals surface area (Å²) in [5.41, 5.74) is 1.56. The molecule has 0 aromatic heterocycles. The van der Waals surface area contributed by atoms with Gasteiger partial charge in [0.2, 0.25) is 12.3 Å². The van der Waals surface area contributed by atoms with E-state index in [2.05, 4.69) is 0 Å². The van der Waals surface area contributed by atoms with Crippen molar-refractivity contribution in [2.45, 2.75) is 19.8 Å². The zero-order valence-corrected chi connectivity index (χ0v) is 16.3. The lowest BCUT2D eigenvalue weighted by Gasteiger charge is -2.24. The second-order valence-corrected chi connectivity index (χ2v) is 6.84. The lowest BCUT2D eigenvalue weighted by molar-refractivity contribution is -0.121. The van der Waals surface area contributed by atoms with Crippen LogP contribution in [-0.4, -0.2) is 39.1 Å². The van der Waals surface area contributed by atoms with Crippen LogP contribution in [0.25, 0.3) is 0 Å². The van der Waals surface area contributed by atoms with Crippen LogP contribution in [0.5, 0.6) is 11.5 Å². The first-order valence-electron chi connectivity index (χ1n) is 9.54. The minimum Gasteiger partial charge on any atom is -0.493 e. The number of hydrogen-bond acceptors (Lipinski definition) is 4. The molecule has 0 saturated heterocycles. The fourth-order valence-electron chi connectivity index (χ4n) is 3.41. The van der Waals surface area contributed by atoms with Crippen molar-refractivity contribution >= 4 is 23.7 Å². The van der Waals surface area contributed by atoms with Crippen LogP contribution < -0.4 is 19.3 Å². The molecule has 148 valence electrons. The summed E-state index contributed by atoms with van der Waals surface area (Å²) >= 11 is 0. The number of amides is 2. The van der Waals surface area contributed by atoms with E-state index in [0.29, 0.717) is 25.4 Å². The van der Waals surface area contributed by atoms with Crippen LogP contribution in [0.2, 0.25) is 0 Å². The molecule has 1 aliphatic heterocycles. The number of rotatable bonds is 8. The largest absolute Gasteiger partial charge is 0.493 e. The summed E-state index contributed by atoms with van der Waals surface area (Å²) in [6, 6.07) is 15.1. The van der Waals surface area contributed by atoms with Gasteiger partial charge in [-0.2, -0.15) is 0 Å². The highest BCUT2D eigenvalue weighted by molar-refractivity contribution is 6.02. The monoisotopic (exact) mass is 382 g/mol. The van der Waals surface area contributed by atoms with Gasteiger partial charge in [0.15, 0.2) is 11.5 Å². The lowest BCUT2D eigenvalue weighted by Crippen LogP contribution is -2.37. The Hall–Kier alpha value is -3.02. The van der Waals surface area contributed by atoms with Crippen LogP contribution in [0.1, 0.15) is 19.8 Å². The summed E-state index contributed by atoms with van der Waals surface area (Å²) in [5.74, 6) is 1.23. The third-order valence-corrected chi connectivity index (χ3v) is 4.87. The minimum absolute atomic E-state index is 0.0439. The Kier molecular flexibility index (Phi) is 6.53. The smallest absolute Gasteiger partial charge is 0.231 e. The Bertz CT molecular complexity index is 824. The fourth-order valence-corrected chi connectivity index (χ4v) is 3.41. The number of hydrogen-bond donors (Lipinski definition) is 0. The average molecular weight is 382 g/mol. The summed E-state index contributed by atoms with van der Waals surface area (Å²) in [7, 11) is 1.62. The number of ether oxygens (including phenoxy) is 2. The SMILES string of the molecule is COc1ccccc1OCCCCN1C(=O)C(C)CN(C=O)c2ccccc21. The number of methoxy groups -OCH3 is 1. The minimum atomic E-state index is -0.248. The van der Waals surface area contributed by atoms with E-state index < -0.39 is 0 Å². The molecule has 2 aromatic carbocycles. The number of carbonyl (C=O) groups excluding carboxylic acids is 2. The van der Waals surface area contributed by atoms with Gasteiger partial charge >= 0.3 is 0 Å². The molecule has 0 N–H and O–H groups in total. The predicted molar refractivity (Wildman–Crippen MR) is 109 cm³/mol. The first-order valence-corrected chi connectivity index (χ1v) is 9.54. The van der Waals surface area contributed by atoms with E-state index in [0.717, 1.165) is 36.4 Å². The van der Waals surface area contributed by atoms with Gasteiger partial charge in [-0.05, 0) is 37.1 Å². The molecular weight excluding hydrogens is 356 g/mol. The second kappa shape index (κ2) is 9.26.